The van der Waals surface area contributed by atoms with E-state index in [-0.39, 0.29) is 34.7 Å². The van der Waals surface area contributed by atoms with Gasteiger partial charge in [-0.05, 0) is 42.7 Å². The highest BCUT2D eigenvalue weighted by Crippen LogP contribution is 2.32. The van der Waals surface area contributed by atoms with Crippen LogP contribution in [0.1, 0.15) is 28.0 Å². The van der Waals surface area contributed by atoms with E-state index in [1.807, 2.05) is 24.3 Å². The zero-order valence-electron chi connectivity index (χ0n) is 16.4. The summed E-state index contributed by atoms with van der Waals surface area (Å²) < 4.78 is 14.4. The van der Waals surface area contributed by atoms with E-state index in [2.05, 4.69) is 25.9 Å². The SMILES string of the molecule is O=CNCCCc1ccc(Nc2nc(-c3c(F)cccc3Cl)nc3c2C(=O)NC3)cc1. The van der Waals surface area contributed by atoms with Crippen molar-refractivity contribution in [2.24, 2.45) is 0 Å². The first-order valence-electron chi connectivity index (χ1n) is 9.73. The van der Waals surface area contributed by atoms with Gasteiger partial charge in [-0.3, -0.25) is 9.59 Å². The lowest BCUT2D eigenvalue weighted by Gasteiger charge is -2.12. The Bertz CT molecular complexity index is 1120. The number of aryl methyl sites for hydroxylation is 1. The number of rotatable bonds is 8. The van der Waals surface area contributed by atoms with Crippen LogP contribution in [0.2, 0.25) is 5.02 Å². The molecule has 0 saturated heterocycles. The van der Waals surface area contributed by atoms with Crippen molar-refractivity contribution in [3.63, 3.8) is 0 Å². The fraction of sp³-hybridized carbons (Fsp3) is 0.182. The van der Waals surface area contributed by atoms with Gasteiger partial charge in [0.05, 0.1) is 22.8 Å². The van der Waals surface area contributed by atoms with Crippen LogP contribution in [0.5, 0.6) is 0 Å². The van der Waals surface area contributed by atoms with E-state index in [1.165, 1.54) is 12.1 Å². The van der Waals surface area contributed by atoms with Crippen molar-refractivity contribution in [1.29, 1.82) is 0 Å². The van der Waals surface area contributed by atoms with Crippen LogP contribution in [0.15, 0.2) is 42.5 Å². The van der Waals surface area contributed by atoms with Gasteiger partial charge in [-0.25, -0.2) is 14.4 Å². The van der Waals surface area contributed by atoms with Gasteiger partial charge in [-0.1, -0.05) is 29.8 Å². The number of aromatic nitrogens is 2. The van der Waals surface area contributed by atoms with Crippen LogP contribution in [0.25, 0.3) is 11.4 Å². The molecule has 0 bridgehead atoms. The molecule has 1 aromatic heterocycles. The Hall–Kier alpha value is -3.52. The van der Waals surface area contributed by atoms with Crippen molar-refractivity contribution in [1.82, 2.24) is 20.6 Å². The minimum absolute atomic E-state index is 0.0913. The van der Waals surface area contributed by atoms with Gasteiger partial charge in [0.25, 0.3) is 5.91 Å². The molecule has 9 heteroatoms. The third kappa shape index (κ3) is 4.49. The largest absolute Gasteiger partial charge is 0.359 e. The number of carbonyl (C=O) groups is 2. The van der Waals surface area contributed by atoms with Crippen molar-refractivity contribution >= 4 is 35.4 Å². The Morgan fingerprint density at radius 3 is 2.68 bits per heavy atom. The topological polar surface area (TPSA) is 96.0 Å². The molecular weight excluding hydrogens is 421 g/mol. The third-order valence-electron chi connectivity index (χ3n) is 4.90. The van der Waals surface area contributed by atoms with E-state index < -0.39 is 5.82 Å². The summed E-state index contributed by atoms with van der Waals surface area (Å²) in [4.78, 5) is 31.4. The molecule has 1 aliphatic heterocycles. The smallest absolute Gasteiger partial charge is 0.257 e. The normalized spacial score (nSPS) is 12.3. The monoisotopic (exact) mass is 439 g/mol. The Kier molecular flexibility index (Phi) is 6.08. The molecule has 0 atom stereocenters. The minimum atomic E-state index is -0.538. The average molecular weight is 440 g/mol. The quantitative estimate of drug-likeness (QED) is 0.368. The number of nitrogens with one attached hydrogen (secondary N) is 3. The molecule has 2 aromatic carbocycles. The predicted octanol–water partition coefficient (Wildman–Crippen LogP) is 3.60. The van der Waals surface area contributed by atoms with Gasteiger partial charge >= 0.3 is 0 Å². The number of halogens is 2. The van der Waals surface area contributed by atoms with Gasteiger partial charge in [0.1, 0.15) is 17.2 Å². The first kappa shape index (κ1) is 20.7. The Labute approximate surface area is 183 Å². The van der Waals surface area contributed by atoms with Crippen molar-refractivity contribution in [2.75, 3.05) is 11.9 Å². The molecule has 0 fully saturated rings. The molecule has 0 spiro atoms. The molecule has 0 radical (unpaired) electrons. The fourth-order valence-electron chi connectivity index (χ4n) is 3.38. The Morgan fingerprint density at radius 1 is 1.13 bits per heavy atom. The maximum atomic E-state index is 14.4. The number of carbonyl (C=O) groups excluding carboxylic acids is 2. The summed E-state index contributed by atoms with van der Waals surface area (Å²) in [6.07, 6.45) is 2.34. The molecule has 0 unspecified atom stereocenters. The number of fused-ring (bicyclic) bond motifs is 1. The maximum absolute atomic E-state index is 14.4. The molecule has 1 aliphatic rings. The molecule has 7 nitrogen and oxygen atoms in total. The van der Waals surface area contributed by atoms with Crippen LogP contribution < -0.4 is 16.0 Å². The van der Waals surface area contributed by atoms with Crippen LogP contribution in [0.4, 0.5) is 15.9 Å². The summed E-state index contributed by atoms with van der Waals surface area (Å²) in [6.45, 7) is 0.852. The molecule has 3 N–H and O–H groups in total. The van der Waals surface area contributed by atoms with Crippen LogP contribution in [-0.2, 0) is 17.8 Å². The average Bonchev–Trinajstić information content (AvgIpc) is 3.13. The van der Waals surface area contributed by atoms with E-state index in [0.717, 1.165) is 24.1 Å². The van der Waals surface area contributed by atoms with Gasteiger partial charge in [0, 0.05) is 12.2 Å². The fourth-order valence-corrected chi connectivity index (χ4v) is 3.63. The van der Waals surface area contributed by atoms with Gasteiger partial charge in [0.2, 0.25) is 6.41 Å². The van der Waals surface area contributed by atoms with E-state index in [1.54, 1.807) is 6.07 Å². The van der Waals surface area contributed by atoms with Crippen molar-refractivity contribution < 1.29 is 14.0 Å². The molecule has 2 heterocycles. The first-order chi connectivity index (χ1) is 15.1. The standard InChI is InChI=1S/C22H19ClFN5O2/c23-15-4-1-5-16(24)18(15)20-28-17-11-26-22(31)19(17)21(29-20)27-14-8-6-13(7-9-14)3-2-10-25-12-30/h1,4-9,12H,2-3,10-11H2,(H,25,30)(H,26,31)(H,27,28,29). The third-order valence-corrected chi connectivity index (χ3v) is 5.22. The Balaban J connectivity index is 1.63. The molecule has 31 heavy (non-hydrogen) atoms. The van der Waals surface area contributed by atoms with E-state index in [0.29, 0.717) is 24.2 Å². The second kappa shape index (κ2) is 9.09. The highest BCUT2D eigenvalue weighted by molar-refractivity contribution is 6.33. The van der Waals surface area contributed by atoms with Gasteiger partial charge in [-0.15, -0.1) is 0 Å². The zero-order valence-corrected chi connectivity index (χ0v) is 17.2. The van der Waals surface area contributed by atoms with Crippen molar-refractivity contribution in [3.05, 3.63) is 70.1 Å². The first-order valence-corrected chi connectivity index (χ1v) is 10.1. The lowest BCUT2D eigenvalue weighted by atomic mass is 10.1. The second-order valence-corrected chi connectivity index (χ2v) is 7.40. The summed E-state index contributed by atoms with van der Waals surface area (Å²) in [5.41, 5.74) is 2.74. The lowest BCUT2D eigenvalue weighted by Crippen LogP contribution is -2.14. The van der Waals surface area contributed by atoms with Gasteiger partial charge in [-0.2, -0.15) is 0 Å². The molecule has 158 valence electrons. The molecule has 0 aliphatic carbocycles. The van der Waals surface area contributed by atoms with E-state index >= 15 is 0 Å². The van der Waals surface area contributed by atoms with Crippen LogP contribution in [0.3, 0.4) is 0 Å². The van der Waals surface area contributed by atoms with E-state index in [9.17, 15) is 14.0 Å². The highest BCUT2D eigenvalue weighted by Gasteiger charge is 2.28. The second-order valence-electron chi connectivity index (χ2n) is 6.99. The lowest BCUT2D eigenvalue weighted by molar-refractivity contribution is -0.109. The molecule has 4 rings (SSSR count). The summed E-state index contributed by atoms with van der Waals surface area (Å²) >= 11 is 6.19. The number of hydrogen-bond donors (Lipinski definition) is 3. The molecule has 2 amide bonds. The van der Waals surface area contributed by atoms with Gasteiger partial charge in [0.15, 0.2) is 5.82 Å². The molecular formula is C22H19ClFN5O2. The molecule has 3 aromatic rings. The van der Waals surface area contributed by atoms with Gasteiger partial charge < -0.3 is 16.0 Å². The van der Waals surface area contributed by atoms with Crippen LogP contribution in [-0.4, -0.2) is 28.8 Å². The number of hydrogen-bond acceptors (Lipinski definition) is 5. The maximum Gasteiger partial charge on any atom is 0.257 e. The highest BCUT2D eigenvalue weighted by atomic mass is 35.5. The summed E-state index contributed by atoms with van der Waals surface area (Å²) in [5, 5.41) is 8.70. The van der Waals surface area contributed by atoms with Crippen LogP contribution >= 0.6 is 11.6 Å². The predicted molar refractivity (Wildman–Crippen MR) is 116 cm³/mol. The zero-order chi connectivity index (χ0) is 21.8. The molecule has 0 saturated carbocycles. The minimum Gasteiger partial charge on any atom is -0.359 e. The van der Waals surface area contributed by atoms with E-state index in [4.69, 9.17) is 11.6 Å². The van der Waals surface area contributed by atoms with Crippen molar-refractivity contribution in [3.8, 4) is 11.4 Å². The Morgan fingerprint density at radius 2 is 1.94 bits per heavy atom. The summed E-state index contributed by atoms with van der Waals surface area (Å²) in [5.74, 6) is -0.426. The van der Waals surface area contributed by atoms with Crippen LogP contribution in [0, 0.1) is 5.82 Å². The number of nitrogens with zero attached hydrogens (tertiary/aromatic N) is 2. The number of anilines is 2. The summed E-state index contributed by atoms with van der Waals surface area (Å²) in [6, 6.07) is 12.0. The number of benzene rings is 2. The van der Waals surface area contributed by atoms with Crippen molar-refractivity contribution in [2.45, 2.75) is 19.4 Å². The number of amides is 2. The summed E-state index contributed by atoms with van der Waals surface area (Å²) in [7, 11) is 0.